The van der Waals surface area contributed by atoms with Crippen molar-refractivity contribution in [2.24, 2.45) is 5.92 Å². The van der Waals surface area contributed by atoms with E-state index in [9.17, 15) is 0 Å². The molecule has 2 nitrogen and oxygen atoms in total. The molecule has 1 aromatic rings. The van der Waals surface area contributed by atoms with Crippen LogP contribution < -0.4 is 5.32 Å². The van der Waals surface area contributed by atoms with Gasteiger partial charge in [0.1, 0.15) is 0 Å². The van der Waals surface area contributed by atoms with Crippen LogP contribution in [-0.4, -0.2) is 31.1 Å². The number of benzene rings is 1. The highest BCUT2D eigenvalue weighted by molar-refractivity contribution is 6.34. The number of rotatable bonds is 4. The highest BCUT2D eigenvalue weighted by Crippen LogP contribution is 2.38. The molecule has 0 spiro atoms. The van der Waals surface area contributed by atoms with Gasteiger partial charge in [0, 0.05) is 22.1 Å². The first kappa shape index (κ1) is 17.1. The van der Waals surface area contributed by atoms with Gasteiger partial charge < -0.3 is 5.32 Å². The number of nitrogens with one attached hydrogen (secondary N) is 1. The molecule has 1 aliphatic rings. The van der Waals surface area contributed by atoms with Crippen LogP contribution in [0.1, 0.15) is 44.7 Å². The maximum Gasteiger partial charge on any atom is 0.0424 e. The zero-order chi connectivity index (χ0) is 15.4. The summed E-state index contributed by atoms with van der Waals surface area (Å²) in [5.74, 6) is 0.592. The van der Waals surface area contributed by atoms with E-state index >= 15 is 0 Å². The second-order valence-electron chi connectivity index (χ2n) is 6.29. The summed E-state index contributed by atoms with van der Waals surface area (Å²) in [5, 5.41) is 4.82. The van der Waals surface area contributed by atoms with Gasteiger partial charge >= 0.3 is 0 Å². The van der Waals surface area contributed by atoms with E-state index in [1.807, 2.05) is 13.1 Å². The van der Waals surface area contributed by atoms with Crippen molar-refractivity contribution in [1.82, 2.24) is 10.2 Å². The molecule has 0 radical (unpaired) electrons. The summed E-state index contributed by atoms with van der Waals surface area (Å²) >= 11 is 12.5. The van der Waals surface area contributed by atoms with E-state index in [1.54, 1.807) is 0 Å². The van der Waals surface area contributed by atoms with Crippen molar-refractivity contribution >= 4 is 23.2 Å². The van der Waals surface area contributed by atoms with Crippen molar-refractivity contribution in [1.29, 1.82) is 0 Å². The Hall–Kier alpha value is -0.280. The average Bonchev–Trinajstić information content (AvgIpc) is 2.60. The fraction of sp³-hybridized carbons (Fsp3) is 0.647. The molecule has 0 aliphatic carbocycles. The minimum absolute atomic E-state index is 0.385. The summed E-state index contributed by atoms with van der Waals surface area (Å²) in [7, 11) is 2.03. The molecule has 1 aliphatic heterocycles. The Morgan fingerprint density at radius 3 is 2.43 bits per heavy atom. The second kappa shape index (κ2) is 7.82. The highest BCUT2D eigenvalue weighted by atomic mass is 35.5. The van der Waals surface area contributed by atoms with Crippen LogP contribution in [0.2, 0.25) is 10.0 Å². The van der Waals surface area contributed by atoms with Crippen molar-refractivity contribution in [3.63, 3.8) is 0 Å². The third-order valence-corrected chi connectivity index (χ3v) is 4.84. The Kier molecular flexibility index (Phi) is 6.36. The molecule has 2 atom stereocenters. The SMILES string of the molecule is CNCC1CCCCN(C(C)C)C1c1cc(Cl)cc(Cl)c1. The normalized spacial score (nSPS) is 24.3. The van der Waals surface area contributed by atoms with Gasteiger partial charge in [-0.15, -0.1) is 0 Å². The highest BCUT2D eigenvalue weighted by Gasteiger charge is 2.32. The van der Waals surface area contributed by atoms with Crippen LogP contribution in [0.4, 0.5) is 0 Å². The third kappa shape index (κ3) is 4.35. The van der Waals surface area contributed by atoms with E-state index in [-0.39, 0.29) is 0 Å². The predicted octanol–water partition coefficient (Wildman–Crippen LogP) is 4.76. The van der Waals surface area contributed by atoms with Gasteiger partial charge in [0.05, 0.1) is 0 Å². The molecule has 2 rings (SSSR count). The summed E-state index contributed by atoms with van der Waals surface area (Å²) in [5.41, 5.74) is 1.25. The maximum atomic E-state index is 6.24. The number of hydrogen-bond donors (Lipinski definition) is 1. The summed E-state index contributed by atoms with van der Waals surface area (Å²) in [6, 6.07) is 6.89. The molecule has 2 unspecified atom stereocenters. The quantitative estimate of drug-likeness (QED) is 0.856. The van der Waals surface area contributed by atoms with Gasteiger partial charge in [-0.25, -0.2) is 0 Å². The second-order valence-corrected chi connectivity index (χ2v) is 7.17. The first-order chi connectivity index (χ1) is 10.0. The topological polar surface area (TPSA) is 15.3 Å². The van der Waals surface area contributed by atoms with E-state index in [4.69, 9.17) is 23.2 Å². The van der Waals surface area contributed by atoms with Crippen LogP contribution in [0.15, 0.2) is 18.2 Å². The Morgan fingerprint density at radius 1 is 1.19 bits per heavy atom. The summed E-state index contributed by atoms with van der Waals surface area (Å²) < 4.78 is 0. The van der Waals surface area contributed by atoms with Crippen LogP contribution in [0.3, 0.4) is 0 Å². The Bertz CT molecular complexity index is 442. The van der Waals surface area contributed by atoms with Crippen molar-refractivity contribution in [2.45, 2.75) is 45.2 Å². The molecule has 21 heavy (non-hydrogen) atoms. The van der Waals surface area contributed by atoms with Crippen LogP contribution in [-0.2, 0) is 0 Å². The largest absolute Gasteiger partial charge is 0.319 e. The van der Waals surface area contributed by atoms with E-state index in [2.05, 4.69) is 36.2 Å². The van der Waals surface area contributed by atoms with E-state index in [1.165, 1.54) is 24.8 Å². The molecule has 0 aromatic heterocycles. The smallest absolute Gasteiger partial charge is 0.0424 e. The minimum Gasteiger partial charge on any atom is -0.319 e. The van der Waals surface area contributed by atoms with Gasteiger partial charge in [-0.2, -0.15) is 0 Å². The summed E-state index contributed by atoms with van der Waals surface area (Å²) in [6.07, 6.45) is 3.81. The molecule has 1 fully saturated rings. The number of likely N-dealkylation sites (tertiary alicyclic amines) is 1. The zero-order valence-corrected chi connectivity index (χ0v) is 14.7. The molecule has 1 heterocycles. The maximum absolute atomic E-state index is 6.24. The Morgan fingerprint density at radius 2 is 1.86 bits per heavy atom. The predicted molar refractivity (Wildman–Crippen MR) is 92.3 cm³/mol. The molecular formula is C17H26Cl2N2. The fourth-order valence-corrected chi connectivity index (χ4v) is 4.08. The van der Waals surface area contributed by atoms with Crippen LogP contribution >= 0.6 is 23.2 Å². The number of nitrogens with zero attached hydrogens (tertiary/aromatic N) is 1. The van der Waals surface area contributed by atoms with E-state index < -0.39 is 0 Å². The monoisotopic (exact) mass is 328 g/mol. The van der Waals surface area contributed by atoms with Crippen molar-refractivity contribution in [3.8, 4) is 0 Å². The van der Waals surface area contributed by atoms with Crippen molar-refractivity contribution in [2.75, 3.05) is 20.1 Å². The molecule has 0 amide bonds. The zero-order valence-electron chi connectivity index (χ0n) is 13.2. The van der Waals surface area contributed by atoms with Gasteiger partial charge in [0.2, 0.25) is 0 Å². The van der Waals surface area contributed by atoms with Crippen LogP contribution in [0.25, 0.3) is 0 Å². The first-order valence-electron chi connectivity index (χ1n) is 7.89. The van der Waals surface area contributed by atoms with E-state index in [0.717, 1.165) is 23.1 Å². The molecule has 1 saturated heterocycles. The van der Waals surface area contributed by atoms with Gasteiger partial charge in [-0.3, -0.25) is 4.90 Å². The minimum atomic E-state index is 0.385. The number of halogens is 2. The average molecular weight is 329 g/mol. The molecule has 0 bridgehead atoms. The van der Waals surface area contributed by atoms with Gasteiger partial charge in [-0.05, 0) is 76.5 Å². The Labute approximate surface area is 138 Å². The van der Waals surface area contributed by atoms with Gasteiger partial charge in [0.15, 0.2) is 0 Å². The van der Waals surface area contributed by atoms with Crippen LogP contribution in [0.5, 0.6) is 0 Å². The third-order valence-electron chi connectivity index (χ3n) is 4.40. The lowest BCUT2D eigenvalue weighted by Gasteiger charge is -2.38. The van der Waals surface area contributed by atoms with Gasteiger partial charge in [-0.1, -0.05) is 29.6 Å². The lowest BCUT2D eigenvalue weighted by molar-refractivity contribution is 0.118. The van der Waals surface area contributed by atoms with E-state index in [0.29, 0.717) is 18.0 Å². The van der Waals surface area contributed by atoms with Crippen LogP contribution in [0, 0.1) is 5.92 Å². The molecule has 4 heteroatoms. The van der Waals surface area contributed by atoms with Gasteiger partial charge in [0.25, 0.3) is 0 Å². The first-order valence-corrected chi connectivity index (χ1v) is 8.65. The molecular weight excluding hydrogens is 303 g/mol. The fourth-order valence-electron chi connectivity index (χ4n) is 3.53. The summed E-state index contributed by atoms with van der Waals surface area (Å²) in [4.78, 5) is 2.61. The molecule has 0 saturated carbocycles. The summed E-state index contributed by atoms with van der Waals surface area (Å²) in [6.45, 7) is 6.73. The lowest BCUT2D eigenvalue weighted by Crippen LogP contribution is -2.40. The number of hydrogen-bond acceptors (Lipinski definition) is 2. The van der Waals surface area contributed by atoms with Crippen molar-refractivity contribution in [3.05, 3.63) is 33.8 Å². The Balaban J connectivity index is 2.41. The molecule has 1 aromatic carbocycles. The van der Waals surface area contributed by atoms with Crippen molar-refractivity contribution < 1.29 is 0 Å². The lowest BCUT2D eigenvalue weighted by atomic mass is 9.88. The standard InChI is InChI=1S/C17H26Cl2N2/c1-12(2)21-7-5-4-6-13(11-20-3)17(21)14-8-15(18)10-16(19)9-14/h8-10,12-13,17,20H,4-7,11H2,1-3H3. The molecule has 1 N–H and O–H groups in total. The molecule has 118 valence electrons.